The number of aromatic nitrogens is 2. The Hall–Kier alpha value is -2.32. The molecule has 1 amide bonds. The molecule has 0 bridgehead atoms. The number of rotatable bonds is 7. The van der Waals surface area contributed by atoms with Crippen molar-refractivity contribution in [2.75, 3.05) is 14.2 Å². The van der Waals surface area contributed by atoms with Crippen LogP contribution in [0.15, 0.2) is 46.4 Å². The third-order valence-corrected chi connectivity index (χ3v) is 5.70. The summed E-state index contributed by atoms with van der Waals surface area (Å²) in [5, 5.41) is 6.12. The van der Waals surface area contributed by atoms with Crippen molar-refractivity contribution >= 4 is 33.2 Å². The maximum atomic E-state index is 12.7. The third kappa shape index (κ3) is 4.51. The van der Waals surface area contributed by atoms with Gasteiger partial charge < -0.3 is 14.4 Å². The lowest BCUT2D eigenvalue weighted by atomic mass is 10.3. The molecule has 2 heterocycles. The second-order valence-corrected chi connectivity index (χ2v) is 7.75. The molecular weight excluding hydrogens is 430 g/mol. The summed E-state index contributed by atoms with van der Waals surface area (Å²) in [6.45, 7) is 0.849. The summed E-state index contributed by atoms with van der Waals surface area (Å²) < 4.78 is 13.8. The minimum atomic E-state index is -0.0309. The zero-order chi connectivity index (χ0) is 19.4. The van der Waals surface area contributed by atoms with Crippen molar-refractivity contribution in [3.05, 3.63) is 62.5 Å². The SMILES string of the molecule is COc1ccccc1OCc1csc(C(=O)N(C)Cc2c(Br)cnn2C)c1. The minimum Gasteiger partial charge on any atom is -0.493 e. The Kier molecular flexibility index (Phi) is 6.18. The largest absolute Gasteiger partial charge is 0.493 e. The van der Waals surface area contributed by atoms with Gasteiger partial charge in [0.15, 0.2) is 11.5 Å². The van der Waals surface area contributed by atoms with Gasteiger partial charge in [0.2, 0.25) is 0 Å². The van der Waals surface area contributed by atoms with Crippen LogP contribution in [0, 0.1) is 0 Å². The molecule has 0 aliphatic carbocycles. The monoisotopic (exact) mass is 449 g/mol. The highest BCUT2D eigenvalue weighted by Crippen LogP contribution is 2.27. The van der Waals surface area contributed by atoms with E-state index in [4.69, 9.17) is 9.47 Å². The molecule has 0 saturated carbocycles. The van der Waals surface area contributed by atoms with Crippen molar-refractivity contribution in [3.63, 3.8) is 0 Å². The number of carbonyl (C=O) groups excluding carboxylic acids is 1. The molecule has 0 N–H and O–H groups in total. The Labute approximate surface area is 170 Å². The molecule has 27 heavy (non-hydrogen) atoms. The summed E-state index contributed by atoms with van der Waals surface area (Å²) in [5.41, 5.74) is 1.89. The highest BCUT2D eigenvalue weighted by atomic mass is 79.9. The summed E-state index contributed by atoms with van der Waals surface area (Å²) in [6.07, 6.45) is 1.73. The Balaban J connectivity index is 1.63. The fraction of sp³-hybridized carbons (Fsp3) is 0.263. The molecule has 0 aliphatic rings. The van der Waals surface area contributed by atoms with E-state index in [0.29, 0.717) is 29.5 Å². The molecule has 142 valence electrons. The molecule has 6 nitrogen and oxygen atoms in total. The molecule has 0 saturated heterocycles. The fourth-order valence-electron chi connectivity index (χ4n) is 2.56. The smallest absolute Gasteiger partial charge is 0.264 e. The minimum absolute atomic E-state index is 0.0309. The number of halogens is 1. The van der Waals surface area contributed by atoms with Crippen LogP contribution in [0.3, 0.4) is 0 Å². The standard InChI is InChI=1S/C19H20BrN3O3S/c1-22(10-15-14(20)9-21-23(15)2)19(24)18-8-13(12-27-18)11-26-17-7-5-4-6-16(17)25-3/h4-9,12H,10-11H2,1-3H3. The maximum Gasteiger partial charge on any atom is 0.264 e. The number of amides is 1. The van der Waals surface area contributed by atoms with Gasteiger partial charge in [-0.3, -0.25) is 9.48 Å². The molecule has 3 rings (SSSR count). The summed E-state index contributed by atoms with van der Waals surface area (Å²) in [4.78, 5) is 15.1. The first-order chi connectivity index (χ1) is 13.0. The second-order valence-electron chi connectivity index (χ2n) is 5.98. The molecule has 0 fully saturated rings. The van der Waals surface area contributed by atoms with Gasteiger partial charge in [-0.1, -0.05) is 12.1 Å². The van der Waals surface area contributed by atoms with Gasteiger partial charge in [-0.2, -0.15) is 5.10 Å². The predicted molar refractivity (Wildman–Crippen MR) is 108 cm³/mol. The van der Waals surface area contributed by atoms with Gasteiger partial charge in [-0.25, -0.2) is 0 Å². The molecule has 1 aromatic carbocycles. The van der Waals surface area contributed by atoms with Gasteiger partial charge in [0.05, 0.1) is 34.9 Å². The molecule has 0 spiro atoms. The first-order valence-corrected chi connectivity index (χ1v) is 9.92. The zero-order valence-corrected chi connectivity index (χ0v) is 17.7. The van der Waals surface area contributed by atoms with Crippen LogP contribution in [0.5, 0.6) is 11.5 Å². The van der Waals surface area contributed by atoms with Crippen LogP contribution in [0.1, 0.15) is 20.9 Å². The van der Waals surface area contributed by atoms with Crippen LogP contribution in [-0.2, 0) is 20.2 Å². The number of thiophene rings is 1. The fourth-order valence-corrected chi connectivity index (χ4v) is 3.93. The van der Waals surface area contributed by atoms with Crippen LogP contribution in [0.4, 0.5) is 0 Å². The molecule has 0 aliphatic heterocycles. The number of para-hydroxylation sites is 2. The first-order valence-electron chi connectivity index (χ1n) is 8.24. The van der Waals surface area contributed by atoms with E-state index in [9.17, 15) is 4.79 Å². The lowest BCUT2D eigenvalue weighted by molar-refractivity contribution is 0.0786. The zero-order valence-electron chi connectivity index (χ0n) is 15.3. The molecule has 0 atom stereocenters. The highest BCUT2D eigenvalue weighted by molar-refractivity contribution is 9.10. The van der Waals surface area contributed by atoms with E-state index < -0.39 is 0 Å². The Morgan fingerprint density at radius 1 is 1.33 bits per heavy atom. The number of aryl methyl sites for hydroxylation is 1. The van der Waals surface area contributed by atoms with Crippen LogP contribution in [-0.4, -0.2) is 34.7 Å². The predicted octanol–water partition coefficient (Wildman–Crippen LogP) is 4.10. The van der Waals surface area contributed by atoms with Crippen LogP contribution >= 0.6 is 27.3 Å². The van der Waals surface area contributed by atoms with Crippen molar-refractivity contribution in [1.29, 1.82) is 0 Å². The number of ether oxygens (including phenoxy) is 2. The second kappa shape index (κ2) is 8.58. The van der Waals surface area contributed by atoms with E-state index in [2.05, 4.69) is 21.0 Å². The molecule has 8 heteroatoms. The van der Waals surface area contributed by atoms with Crippen molar-refractivity contribution in [1.82, 2.24) is 14.7 Å². The van der Waals surface area contributed by atoms with Crippen molar-refractivity contribution in [3.8, 4) is 11.5 Å². The van der Waals surface area contributed by atoms with E-state index in [1.807, 2.05) is 42.8 Å². The number of benzene rings is 1. The van der Waals surface area contributed by atoms with Gasteiger partial charge in [-0.15, -0.1) is 11.3 Å². The van der Waals surface area contributed by atoms with Gasteiger partial charge in [0.25, 0.3) is 5.91 Å². The average molecular weight is 450 g/mol. The van der Waals surface area contributed by atoms with Gasteiger partial charge in [0.1, 0.15) is 6.61 Å². The molecule has 3 aromatic rings. The van der Waals surface area contributed by atoms with Gasteiger partial charge in [-0.05, 0) is 39.5 Å². The normalized spacial score (nSPS) is 10.7. The Bertz CT molecular complexity index is 918. The average Bonchev–Trinajstić information content (AvgIpc) is 3.28. The van der Waals surface area contributed by atoms with Gasteiger partial charge in [0, 0.05) is 19.7 Å². The van der Waals surface area contributed by atoms with E-state index in [0.717, 1.165) is 15.7 Å². The lowest BCUT2D eigenvalue weighted by Crippen LogP contribution is -2.26. The number of carbonyl (C=O) groups is 1. The van der Waals surface area contributed by atoms with Crippen molar-refractivity contribution in [2.45, 2.75) is 13.2 Å². The summed E-state index contributed by atoms with van der Waals surface area (Å²) >= 11 is 4.88. The van der Waals surface area contributed by atoms with Crippen LogP contribution < -0.4 is 9.47 Å². The van der Waals surface area contributed by atoms with Gasteiger partial charge >= 0.3 is 0 Å². The summed E-state index contributed by atoms with van der Waals surface area (Å²) in [5.74, 6) is 1.33. The number of methoxy groups -OCH3 is 1. The highest BCUT2D eigenvalue weighted by Gasteiger charge is 2.17. The number of hydrogen-bond donors (Lipinski definition) is 0. The molecule has 0 unspecified atom stereocenters. The first kappa shape index (κ1) is 19.4. The van der Waals surface area contributed by atoms with E-state index >= 15 is 0 Å². The Morgan fingerprint density at radius 2 is 2.07 bits per heavy atom. The van der Waals surface area contributed by atoms with Crippen LogP contribution in [0.2, 0.25) is 0 Å². The number of nitrogens with zero attached hydrogens (tertiary/aromatic N) is 3. The lowest BCUT2D eigenvalue weighted by Gasteiger charge is -2.16. The topological polar surface area (TPSA) is 56.6 Å². The summed E-state index contributed by atoms with van der Waals surface area (Å²) in [6, 6.07) is 9.37. The summed E-state index contributed by atoms with van der Waals surface area (Å²) in [7, 11) is 5.25. The van der Waals surface area contributed by atoms with E-state index in [1.165, 1.54) is 11.3 Å². The number of hydrogen-bond acceptors (Lipinski definition) is 5. The third-order valence-electron chi connectivity index (χ3n) is 4.07. The molecule has 2 aromatic heterocycles. The van der Waals surface area contributed by atoms with E-state index in [1.54, 1.807) is 29.9 Å². The maximum absolute atomic E-state index is 12.7. The van der Waals surface area contributed by atoms with Crippen molar-refractivity contribution < 1.29 is 14.3 Å². The molecular formula is C19H20BrN3O3S. The molecule has 0 radical (unpaired) electrons. The quantitative estimate of drug-likeness (QED) is 0.544. The van der Waals surface area contributed by atoms with Crippen molar-refractivity contribution in [2.24, 2.45) is 7.05 Å². The Morgan fingerprint density at radius 3 is 2.74 bits per heavy atom. The van der Waals surface area contributed by atoms with E-state index in [-0.39, 0.29) is 5.91 Å². The van der Waals surface area contributed by atoms with Crippen LogP contribution in [0.25, 0.3) is 0 Å².